The van der Waals surface area contributed by atoms with Crippen molar-refractivity contribution >= 4 is 11.5 Å². The summed E-state index contributed by atoms with van der Waals surface area (Å²) in [6.45, 7) is 1.72. The molecule has 1 aliphatic rings. The van der Waals surface area contributed by atoms with Crippen molar-refractivity contribution in [3.05, 3.63) is 24.0 Å². The molecule has 0 bridgehead atoms. The molecule has 2 aromatic rings. The molecule has 5 nitrogen and oxygen atoms in total. The predicted molar refractivity (Wildman–Crippen MR) is 64.6 cm³/mol. The van der Waals surface area contributed by atoms with Crippen molar-refractivity contribution in [1.29, 1.82) is 0 Å². The molecule has 1 fully saturated rings. The summed E-state index contributed by atoms with van der Waals surface area (Å²) in [5.41, 5.74) is 6.65. The van der Waals surface area contributed by atoms with Crippen LogP contribution in [0.15, 0.2) is 18.2 Å². The van der Waals surface area contributed by atoms with Gasteiger partial charge in [-0.2, -0.15) is 4.52 Å². The molecule has 0 saturated carbocycles. The number of ether oxygens (including phenoxy) is 1. The number of nitrogen functional groups attached to an aromatic ring is 1. The molecule has 5 heteroatoms. The van der Waals surface area contributed by atoms with Gasteiger partial charge in [-0.25, -0.2) is 4.98 Å². The zero-order valence-corrected chi connectivity index (χ0v) is 9.67. The van der Waals surface area contributed by atoms with Gasteiger partial charge in [0.05, 0.1) is 0 Å². The lowest BCUT2D eigenvalue weighted by molar-refractivity contribution is 0.0543. The highest BCUT2D eigenvalue weighted by Gasteiger charge is 2.17. The Morgan fingerprint density at radius 2 is 2.41 bits per heavy atom. The van der Waals surface area contributed by atoms with E-state index in [0.29, 0.717) is 11.7 Å². The van der Waals surface area contributed by atoms with E-state index in [2.05, 4.69) is 10.1 Å². The van der Waals surface area contributed by atoms with E-state index >= 15 is 0 Å². The summed E-state index contributed by atoms with van der Waals surface area (Å²) in [4.78, 5) is 4.48. The summed E-state index contributed by atoms with van der Waals surface area (Å²) in [5.74, 6) is 2.03. The second-order valence-corrected chi connectivity index (χ2v) is 4.54. The summed E-state index contributed by atoms with van der Waals surface area (Å²) >= 11 is 0. The van der Waals surface area contributed by atoms with Gasteiger partial charge < -0.3 is 10.5 Å². The van der Waals surface area contributed by atoms with Crippen LogP contribution in [-0.4, -0.2) is 27.8 Å². The smallest absolute Gasteiger partial charge is 0.157 e. The van der Waals surface area contributed by atoms with Gasteiger partial charge in [-0.15, -0.1) is 5.10 Å². The maximum absolute atomic E-state index is 5.84. The van der Waals surface area contributed by atoms with Crippen LogP contribution >= 0.6 is 0 Å². The molecule has 1 unspecified atom stereocenters. The number of nitrogens with zero attached hydrogens (tertiary/aromatic N) is 3. The van der Waals surface area contributed by atoms with E-state index in [0.717, 1.165) is 37.5 Å². The quantitative estimate of drug-likeness (QED) is 0.847. The zero-order chi connectivity index (χ0) is 11.7. The minimum absolute atomic E-state index is 0.544. The third-order valence-corrected chi connectivity index (χ3v) is 3.16. The van der Waals surface area contributed by atoms with Gasteiger partial charge >= 0.3 is 0 Å². The lowest BCUT2D eigenvalue weighted by atomic mass is 9.98. The summed E-state index contributed by atoms with van der Waals surface area (Å²) < 4.78 is 7.16. The average Bonchev–Trinajstić information content (AvgIpc) is 2.74. The van der Waals surface area contributed by atoms with Gasteiger partial charge in [0.1, 0.15) is 5.82 Å². The highest BCUT2D eigenvalue weighted by molar-refractivity contribution is 5.45. The lowest BCUT2D eigenvalue weighted by Gasteiger charge is -2.20. The van der Waals surface area contributed by atoms with Gasteiger partial charge in [0.15, 0.2) is 11.5 Å². The number of pyridine rings is 1. The Hall–Kier alpha value is -1.62. The molecule has 90 valence electrons. The maximum Gasteiger partial charge on any atom is 0.157 e. The highest BCUT2D eigenvalue weighted by atomic mass is 16.5. The van der Waals surface area contributed by atoms with Crippen molar-refractivity contribution in [2.24, 2.45) is 5.92 Å². The molecule has 0 amide bonds. The number of nitrogens with two attached hydrogens (primary N) is 1. The Bertz CT molecular complexity index is 516. The lowest BCUT2D eigenvalue weighted by Crippen LogP contribution is -2.19. The van der Waals surface area contributed by atoms with E-state index in [1.807, 2.05) is 18.2 Å². The van der Waals surface area contributed by atoms with Crippen LogP contribution in [-0.2, 0) is 11.2 Å². The fourth-order valence-corrected chi connectivity index (χ4v) is 2.28. The molecular formula is C12H16N4O. The Balaban J connectivity index is 1.83. The standard InChI is InChI=1S/C12H16N4O/c13-10-4-1-5-12-14-11(15-16(10)12)7-9-3-2-6-17-8-9/h1,4-5,9H,2-3,6-8,13H2. The average molecular weight is 232 g/mol. The monoisotopic (exact) mass is 232 g/mol. The normalized spacial score (nSPS) is 20.8. The third-order valence-electron chi connectivity index (χ3n) is 3.16. The van der Waals surface area contributed by atoms with Gasteiger partial charge in [-0.05, 0) is 30.9 Å². The molecule has 2 N–H and O–H groups in total. The summed E-state index contributed by atoms with van der Waals surface area (Å²) in [6.07, 6.45) is 3.21. The summed E-state index contributed by atoms with van der Waals surface area (Å²) in [7, 11) is 0. The minimum atomic E-state index is 0.544. The van der Waals surface area contributed by atoms with Gasteiger partial charge in [-0.3, -0.25) is 0 Å². The number of rotatable bonds is 2. The van der Waals surface area contributed by atoms with Crippen LogP contribution in [0.5, 0.6) is 0 Å². The van der Waals surface area contributed by atoms with Crippen LogP contribution < -0.4 is 5.73 Å². The minimum Gasteiger partial charge on any atom is -0.384 e. The molecule has 0 aromatic carbocycles. The Morgan fingerprint density at radius 3 is 3.18 bits per heavy atom. The first kappa shape index (κ1) is 10.5. The first-order valence-corrected chi connectivity index (χ1v) is 6.01. The van der Waals surface area contributed by atoms with Crippen LogP contribution in [0.25, 0.3) is 5.65 Å². The Kier molecular flexibility index (Phi) is 2.68. The van der Waals surface area contributed by atoms with E-state index in [9.17, 15) is 0 Å². The van der Waals surface area contributed by atoms with Crippen LogP contribution in [0.1, 0.15) is 18.7 Å². The number of hydrogen-bond donors (Lipinski definition) is 1. The molecule has 2 aromatic heterocycles. The van der Waals surface area contributed by atoms with Crippen LogP contribution in [0, 0.1) is 5.92 Å². The third kappa shape index (κ3) is 2.10. The number of fused-ring (bicyclic) bond motifs is 1. The number of aromatic nitrogens is 3. The van der Waals surface area contributed by atoms with Crippen LogP contribution in [0.3, 0.4) is 0 Å². The largest absolute Gasteiger partial charge is 0.384 e. The van der Waals surface area contributed by atoms with E-state index in [1.165, 1.54) is 6.42 Å². The van der Waals surface area contributed by atoms with Crippen molar-refractivity contribution in [2.75, 3.05) is 18.9 Å². The first-order valence-electron chi connectivity index (χ1n) is 6.01. The molecule has 1 saturated heterocycles. The zero-order valence-electron chi connectivity index (χ0n) is 9.67. The fourth-order valence-electron chi connectivity index (χ4n) is 2.28. The van der Waals surface area contributed by atoms with Crippen molar-refractivity contribution < 1.29 is 4.74 Å². The van der Waals surface area contributed by atoms with Crippen molar-refractivity contribution in [3.63, 3.8) is 0 Å². The molecule has 1 atom stereocenters. The fraction of sp³-hybridized carbons (Fsp3) is 0.500. The molecule has 17 heavy (non-hydrogen) atoms. The van der Waals surface area contributed by atoms with Gasteiger partial charge in [0.25, 0.3) is 0 Å². The summed E-state index contributed by atoms with van der Waals surface area (Å²) in [6, 6.07) is 5.65. The van der Waals surface area contributed by atoms with Crippen LogP contribution in [0.4, 0.5) is 5.82 Å². The van der Waals surface area contributed by atoms with E-state index in [1.54, 1.807) is 4.52 Å². The molecule has 3 heterocycles. The SMILES string of the molecule is Nc1cccc2nc(CC3CCCOC3)nn12. The predicted octanol–water partition coefficient (Wildman–Crippen LogP) is 1.28. The Morgan fingerprint density at radius 1 is 1.47 bits per heavy atom. The van der Waals surface area contributed by atoms with Crippen molar-refractivity contribution in [2.45, 2.75) is 19.3 Å². The number of hydrogen-bond acceptors (Lipinski definition) is 4. The molecule has 0 aliphatic carbocycles. The highest BCUT2D eigenvalue weighted by Crippen LogP contribution is 2.18. The van der Waals surface area contributed by atoms with Gasteiger partial charge in [0, 0.05) is 19.6 Å². The molecule has 0 spiro atoms. The molecular weight excluding hydrogens is 216 g/mol. The van der Waals surface area contributed by atoms with E-state index in [4.69, 9.17) is 10.5 Å². The molecule has 3 rings (SSSR count). The number of anilines is 1. The topological polar surface area (TPSA) is 65.4 Å². The van der Waals surface area contributed by atoms with Crippen molar-refractivity contribution in [3.8, 4) is 0 Å². The second kappa shape index (κ2) is 4.33. The maximum atomic E-state index is 5.84. The van der Waals surface area contributed by atoms with E-state index in [-0.39, 0.29) is 0 Å². The second-order valence-electron chi connectivity index (χ2n) is 4.54. The molecule has 0 radical (unpaired) electrons. The van der Waals surface area contributed by atoms with Crippen molar-refractivity contribution in [1.82, 2.24) is 14.6 Å². The Labute approximate surface area is 99.6 Å². The van der Waals surface area contributed by atoms with Gasteiger partial charge in [0.2, 0.25) is 0 Å². The van der Waals surface area contributed by atoms with E-state index < -0.39 is 0 Å². The first-order chi connectivity index (χ1) is 8.33. The molecule has 1 aliphatic heterocycles. The van der Waals surface area contributed by atoms with Gasteiger partial charge in [-0.1, -0.05) is 6.07 Å². The summed E-state index contributed by atoms with van der Waals surface area (Å²) in [5, 5.41) is 4.43. The van der Waals surface area contributed by atoms with Crippen LogP contribution in [0.2, 0.25) is 0 Å².